The minimum atomic E-state index is -0.151. The van der Waals surface area contributed by atoms with Gasteiger partial charge in [0.25, 0.3) is 0 Å². The van der Waals surface area contributed by atoms with Gasteiger partial charge in [-0.15, -0.1) is 21.5 Å². The van der Waals surface area contributed by atoms with Crippen molar-refractivity contribution in [1.82, 2.24) is 14.8 Å². The van der Waals surface area contributed by atoms with Gasteiger partial charge in [0.1, 0.15) is 11.1 Å². The molecular formula is C24H27N5O3S2. The minimum Gasteiger partial charge on any atom is -0.461 e. The van der Waals surface area contributed by atoms with Gasteiger partial charge in [-0.3, -0.25) is 9.36 Å². The molecule has 3 aromatic heterocycles. The quantitative estimate of drug-likeness (QED) is 0.456. The van der Waals surface area contributed by atoms with Crippen molar-refractivity contribution in [3.8, 4) is 17.7 Å². The molecule has 1 amide bonds. The average Bonchev–Trinajstić information content (AvgIpc) is 3.61. The number of amides is 1. The number of anilines is 1. The van der Waals surface area contributed by atoms with Crippen molar-refractivity contribution in [3.63, 3.8) is 0 Å². The predicted molar refractivity (Wildman–Crippen MR) is 131 cm³/mol. The summed E-state index contributed by atoms with van der Waals surface area (Å²) in [5, 5.41) is 22.7. The number of aromatic nitrogens is 3. The summed E-state index contributed by atoms with van der Waals surface area (Å²) >= 11 is 2.89. The van der Waals surface area contributed by atoms with Crippen LogP contribution in [0.2, 0.25) is 0 Å². The normalized spacial score (nSPS) is 18.1. The number of ether oxygens (including phenoxy) is 1. The Bertz CT molecular complexity index is 1170. The minimum absolute atomic E-state index is 0.0988. The number of nitrogens with one attached hydrogen (secondary N) is 1. The van der Waals surface area contributed by atoms with Crippen molar-refractivity contribution in [1.29, 1.82) is 5.26 Å². The number of furan rings is 1. The molecule has 0 unspecified atom stereocenters. The van der Waals surface area contributed by atoms with Gasteiger partial charge in [-0.25, -0.2) is 0 Å². The molecule has 0 spiro atoms. The van der Waals surface area contributed by atoms with Crippen LogP contribution in [0.25, 0.3) is 11.6 Å². The largest absolute Gasteiger partial charge is 0.461 e. The highest BCUT2D eigenvalue weighted by molar-refractivity contribution is 7.99. The molecule has 0 radical (unpaired) electrons. The lowest BCUT2D eigenvalue weighted by atomic mass is 9.97. The molecule has 1 atom stereocenters. The Kier molecular flexibility index (Phi) is 7.33. The highest BCUT2D eigenvalue weighted by atomic mass is 32.2. The Morgan fingerprint density at radius 2 is 2.15 bits per heavy atom. The summed E-state index contributed by atoms with van der Waals surface area (Å²) in [6.45, 7) is 1.38. The van der Waals surface area contributed by atoms with Crippen molar-refractivity contribution < 1.29 is 13.9 Å². The van der Waals surface area contributed by atoms with Gasteiger partial charge in [-0.1, -0.05) is 24.6 Å². The molecule has 1 aliphatic carbocycles. The van der Waals surface area contributed by atoms with E-state index in [1.807, 2.05) is 16.7 Å². The van der Waals surface area contributed by atoms with E-state index in [1.54, 1.807) is 17.6 Å². The van der Waals surface area contributed by atoms with E-state index in [-0.39, 0.29) is 17.8 Å². The second-order valence-electron chi connectivity index (χ2n) is 8.60. The van der Waals surface area contributed by atoms with Crippen LogP contribution < -0.4 is 5.32 Å². The lowest BCUT2D eigenvalue weighted by Crippen LogP contribution is -2.18. The molecule has 1 saturated heterocycles. The number of nitrogens with zero attached hydrogens (tertiary/aromatic N) is 4. The van der Waals surface area contributed by atoms with Crippen LogP contribution in [0, 0.1) is 11.3 Å². The number of fused-ring (bicyclic) bond motifs is 1. The third-order valence-corrected chi connectivity index (χ3v) is 8.41. The van der Waals surface area contributed by atoms with E-state index in [9.17, 15) is 10.1 Å². The van der Waals surface area contributed by atoms with E-state index < -0.39 is 0 Å². The van der Waals surface area contributed by atoms with Crippen molar-refractivity contribution >= 4 is 34.0 Å². The maximum atomic E-state index is 12.9. The van der Waals surface area contributed by atoms with Crippen LogP contribution in [0.3, 0.4) is 0 Å². The predicted octanol–water partition coefficient (Wildman–Crippen LogP) is 5.04. The van der Waals surface area contributed by atoms with Crippen LogP contribution in [-0.4, -0.2) is 39.1 Å². The summed E-state index contributed by atoms with van der Waals surface area (Å²) in [6.07, 6.45) is 10.3. The lowest BCUT2D eigenvalue weighted by molar-refractivity contribution is -0.113. The van der Waals surface area contributed by atoms with Crippen LogP contribution in [0.15, 0.2) is 28.0 Å². The van der Waals surface area contributed by atoms with Crippen molar-refractivity contribution in [2.45, 2.75) is 69.2 Å². The maximum absolute atomic E-state index is 12.9. The van der Waals surface area contributed by atoms with Crippen LogP contribution >= 0.6 is 23.1 Å². The van der Waals surface area contributed by atoms with Crippen LogP contribution in [0.1, 0.15) is 54.5 Å². The van der Waals surface area contributed by atoms with Crippen LogP contribution in [0.5, 0.6) is 0 Å². The van der Waals surface area contributed by atoms with Gasteiger partial charge in [0.15, 0.2) is 10.9 Å². The van der Waals surface area contributed by atoms with E-state index in [0.717, 1.165) is 50.7 Å². The van der Waals surface area contributed by atoms with Crippen molar-refractivity contribution in [2.75, 3.05) is 17.7 Å². The molecule has 3 aromatic rings. The van der Waals surface area contributed by atoms with Gasteiger partial charge in [0, 0.05) is 11.5 Å². The standard InChI is InChI=1S/C24H27N5O3S2/c25-13-18-17-8-3-1-2-4-10-20(17)34-23(18)26-21(30)15-33-24-28-27-22(19-9-6-12-32-19)29(24)14-16-7-5-11-31-16/h6,9,12,16H,1-5,7-8,10-11,14-15H2,(H,26,30)/t16-/m1/s1. The van der Waals surface area contributed by atoms with E-state index in [2.05, 4.69) is 21.6 Å². The molecule has 4 heterocycles. The molecule has 0 bridgehead atoms. The molecule has 0 aromatic carbocycles. The Morgan fingerprint density at radius 1 is 1.26 bits per heavy atom. The first kappa shape index (κ1) is 23.1. The number of aryl methyl sites for hydroxylation is 1. The number of thiophene rings is 1. The summed E-state index contributed by atoms with van der Waals surface area (Å²) in [6, 6.07) is 6.01. The van der Waals surface area contributed by atoms with Crippen molar-refractivity contribution in [2.24, 2.45) is 0 Å². The summed E-state index contributed by atoms with van der Waals surface area (Å²) < 4.78 is 13.3. The van der Waals surface area contributed by atoms with Gasteiger partial charge < -0.3 is 14.5 Å². The van der Waals surface area contributed by atoms with Gasteiger partial charge >= 0.3 is 0 Å². The highest BCUT2D eigenvalue weighted by Gasteiger charge is 2.24. The second-order valence-corrected chi connectivity index (χ2v) is 10.6. The average molecular weight is 498 g/mol. The first-order valence-corrected chi connectivity index (χ1v) is 13.6. The first-order valence-electron chi connectivity index (χ1n) is 11.8. The number of hydrogen-bond donors (Lipinski definition) is 1. The third-order valence-electron chi connectivity index (χ3n) is 6.24. The fourth-order valence-corrected chi connectivity index (χ4v) is 6.56. The number of carbonyl (C=O) groups is 1. The number of thioether (sulfide) groups is 1. The molecule has 34 heavy (non-hydrogen) atoms. The number of rotatable bonds is 7. The van der Waals surface area contributed by atoms with Gasteiger partial charge in [0.2, 0.25) is 11.7 Å². The van der Waals surface area contributed by atoms with Crippen LogP contribution in [0.4, 0.5) is 5.00 Å². The molecular weight excluding hydrogens is 470 g/mol. The molecule has 1 aliphatic heterocycles. The zero-order valence-corrected chi connectivity index (χ0v) is 20.6. The highest BCUT2D eigenvalue weighted by Crippen LogP contribution is 2.37. The third kappa shape index (κ3) is 5.06. The van der Waals surface area contributed by atoms with Gasteiger partial charge in [0.05, 0.1) is 30.2 Å². The fourth-order valence-electron chi connectivity index (χ4n) is 4.56. The molecule has 178 valence electrons. The molecule has 0 saturated carbocycles. The molecule has 1 N–H and O–H groups in total. The van der Waals surface area contributed by atoms with E-state index in [4.69, 9.17) is 9.15 Å². The number of hydrogen-bond acceptors (Lipinski definition) is 8. The summed E-state index contributed by atoms with van der Waals surface area (Å²) in [7, 11) is 0. The molecule has 8 nitrogen and oxygen atoms in total. The Morgan fingerprint density at radius 3 is 2.91 bits per heavy atom. The van der Waals surface area contributed by atoms with E-state index in [0.29, 0.717) is 33.9 Å². The SMILES string of the molecule is N#Cc1c(NC(=O)CSc2nnc(-c3ccco3)n2C[C@H]2CCCO2)sc2c1CCCCCC2. The van der Waals surface area contributed by atoms with Crippen molar-refractivity contribution in [3.05, 3.63) is 34.4 Å². The van der Waals surface area contributed by atoms with E-state index in [1.165, 1.54) is 29.5 Å². The molecule has 2 aliphatic rings. The topological polar surface area (TPSA) is 106 Å². The summed E-state index contributed by atoms with van der Waals surface area (Å²) in [5.41, 5.74) is 1.77. The maximum Gasteiger partial charge on any atom is 0.235 e. The van der Waals surface area contributed by atoms with Crippen LogP contribution in [-0.2, 0) is 28.9 Å². The van der Waals surface area contributed by atoms with E-state index >= 15 is 0 Å². The molecule has 5 rings (SSSR count). The fraction of sp³-hybridized carbons (Fsp3) is 0.500. The Hall–Kier alpha value is -2.61. The summed E-state index contributed by atoms with van der Waals surface area (Å²) in [5.74, 6) is 1.29. The first-order chi connectivity index (χ1) is 16.7. The number of carbonyl (C=O) groups excluding carboxylic acids is 1. The van der Waals surface area contributed by atoms with Gasteiger partial charge in [-0.2, -0.15) is 5.26 Å². The Balaban J connectivity index is 1.29. The Labute approximate surface area is 206 Å². The molecule has 1 fully saturated rings. The zero-order valence-electron chi connectivity index (χ0n) is 18.9. The lowest BCUT2D eigenvalue weighted by Gasteiger charge is -2.13. The second kappa shape index (κ2) is 10.8. The number of nitriles is 1. The summed E-state index contributed by atoms with van der Waals surface area (Å²) in [4.78, 5) is 14.1. The zero-order chi connectivity index (χ0) is 23.3. The molecule has 10 heteroatoms. The smallest absolute Gasteiger partial charge is 0.235 e. The van der Waals surface area contributed by atoms with Gasteiger partial charge in [-0.05, 0) is 56.2 Å². The monoisotopic (exact) mass is 497 g/mol.